The zero-order valence-corrected chi connectivity index (χ0v) is 13.0. The Morgan fingerprint density at radius 3 is 2.35 bits per heavy atom. The summed E-state index contributed by atoms with van der Waals surface area (Å²) in [6, 6.07) is 0.573. The molecule has 0 saturated heterocycles. The molecular weight excluding hydrogens is 250 g/mol. The average Bonchev–Trinajstić information content (AvgIpc) is 2.90. The lowest BCUT2D eigenvalue weighted by Crippen LogP contribution is -2.65. The van der Waals surface area contributed by atoms with Gasteiger partial charge in [0.05, 0.1) is 11.7 Å². The molecule has 0 radical (unpaired) electrons. The van der Waals surface area contributed by atoms with Crippen LogP contribution in [0.5, 0.6) is 0 Å². The number of aliphatic hydroxyl groups is 1. The van der Waals surface area contributed by atoms with Gasteiger partial charge >= 0.3 is 0 Å². The van der Waals surface area contributed by atoms with Gasteiger partial charge in [-0.2, -0.15) is 0 Å². The molecule has 2 unspecified atom stereocenters. The Kier molecular flexibility index (Phi) is 4.40. The maximum absolute atomic E-state index is 10.5. The van der Waals surface area contributed by atoms with Crippen molar-refractivity contribution in [3.63, 3.8) is 0 Å². The van der Waals surface area contributed by atoms with Crippen molar-refractivity contribution in [3.8, 4) is 0 Å². The van der Waals surface area contributed by atoms with Gasteiger partial charge < -0.3 is 15.2 Å². The Morgan fingerprint density at radius 1 is 1.05 bits per heavy atom. The SMILES string of the molecule is CCOC1CC(NCC2(O)CCCC2)C12CCCCC2. The number of ether oxygens (including phenoxy) is 1. The molecule has 0 heterocycles. The lowest BCUT2D eigenvalue weighted by Gasteiger charge is -2.58. The molecule has 0 aromatic rings. The fraction of sp³-hybridized carbons (Fsp3) is 1.00. The van der Waals surface area contributed by atoms with Crippen molar-refractivity contribution in [2.75, 3.05) is 13.2 Å². The molecule has 3 nitrogen and oxygen atoms in total. The van der Waals surface area contributed by atoms with E-state index in [9.17, 15) is 5.11 Å². The van der Waals surface area contributed by atoms with Gasteiger partial charge in [0.1, 0.15) is 0 Å². The largest absolute Gasteiger partial charge is 0.389 e. The summed E-state index contributed by atoms with van der Waals surface area (Å²) in [5.41, 5.74) is -0.0459. The van der Waals surface area contributed by atoms with Gasteiger partial charge in [-0.25, -0.2) is 0 Å². The molecule has 2 N–H and O–H groups in total. The van der Waals surface area contributed by atoms with Gasteiger partial charge in [-0.05, 0) is 39.0 Å². The summed E-state index contributed by atoms with van der Waals surface area (Å²) in [6.45, 7) is 3.74. The minimum atomic E-state index is -0.424. The van der Waals surface area contributed by atoms with Gasteiger partial charge in [-0.1, -0.05) is 32.1 Å². The van der Waals surface area contributed by atoms with E-state index in [4.69, 9.17) is 4.74 Å². The van der Waals surface area contributed by atoms with Gasteiger partial charge in [0.25, 0.3) is 0 Å². The first-order valence-corrected chi connectivity index (χ1v) is 8.76. The first-order valence-electron chi connectivity index (χ1n) is 8.76. The van der Waals surface area contributed by atoms with E-state index >= 15 is 0 Å². The highest BCUT2D eigenvalue weighted by atomic mass is 16.5. The molecule has 3 rings (SSSR count). The van der Waals surface area contributed by atoms with Crippen LogP contribution < -0.4 is 5.32 Å². The molecule has 20 heavy (non-hydrogen) atoms. The molecular formula is C17H31NO2. The van der Waals surface area contributed by atoms with E-state index in [1.165, 1.54) is 44.9 Å². The fourth-order valence-electron chi connectivity index (χ4n) is 4.87. The Balaban J connectivity index is 1.58. The second-order valence-electron chi connectivity index (χ2n) is 7.34. The number of rotatable bonds is 5. The smallest absolute Gasteiger partial charge is 0.0771 e. The molecule has 3 aliphatic carbocycles. The van der Waals surface area contributed by atoms with Crippen LogP contribution in [0.1, 0.15) is 71.1 Å². The van der Waals surface area contributed by atoms with E-state index in [0.717, 1.165) is 32.4 Å². The van der Waals surface area contributed by atoms with Crippen molar-refractivity contribution in [1.29, 1.82) is 0 Å². The summed E-state index contributed by atoms with van der Waals surface area (Å²) in [5, 5.41) is 14.2. The van der Waals surface area contributed by atoms with Crippen LogP contribution in [-0.2, 0) is 4.74 Å². The van der Waals surface area contributed by atoms with Crippen molar-refractivity contribution >= 4 is 0 Å². The van der Waals surface area contributed by atoms with E-state index < -0.39 is 5.60 Å². The van der Waals surface area contributed by atoms with Crippen molar-refractivity contribution in [3.05, 3.63) is 0 Å². The maximum Gasteiger partial charge on any atom is 0.0771 e. The zero-order valence-electron chi connectivity index (χ0n) is 13.0. The predicted octanol–water partition coefficient (Wildman–Crippen LogP) is 3.01. The van der Waals surface area contributed by atoms with E-state index in [-0.39, 0.29) is 0 Å². The van der Waals surface area contributed by atoms with Crippen LogP contribution in [0.15, 0.2) is 0 Å². The predicted molar refractivity (Wildman–Crippen MR) is 80.8 cm³/mol. The van der Waals surface area contributed by atoms with Crippen LogP contribution >= 0.6 is 0 Å². The molecule has 0 aromatic carbocycles. The first kappa shape index (κ1) is 14.8. The summed E-state index contributed by atoms with van der Waals surface area (Å²) in [6.07, 6.45) is 12.7. The van der Waals surface area contributed by atoms with Crippen LogP contribution in [0.2, 0.25) is 0 Å². The van der Waals surface area contributed by atoms with Crippen molar-refractivity contribution in [2.24, 2.45) is 5.41 Å². The minimum Gasteiger partial charge on any atom is -0.389 e. The Labute approximate surface area is 123 Å². The zero-order chi connectivity index (χ0) is 14.1. The lowest BCUT2D eigenvalue weighted by atomic mass is 9.55. The highest BCUT2D eigenvalue weighted by molar-refractivity contribution is 5.09. The summed E-state index contributed by atoms with van der Waals surface area (Å²) in [7, 11) is 0. The van der Waals surface area contributed by atoms with Crippen LogP contribution in [0.4, 0.5) is 0 Å². The molecule has 0 amide bonds. The van der Waals surface area contributed by atoms with Crippen LogP contribution in [0.3, 0.4) is 0 Å². The van der Waals surface area contributed by atoms with Crippen LogP contribution in [0.25, 0.3) is 0 Å². The van der Waals surface area contributed by atoms with E-state index in [0.29, 0.717) is 17.6 Å². The molecule has 3 saturated carbocycles. The van der Waals surface area contributed by atoms with E-state index in [2.05, 4.69) is 12.2 Å². The summed E-state index contributed by atoms with van der Waals surface area (Å²) < 4.78 is 6.00. The van der Waals surface area contributed by atoms with Gasteiger partial charge in [-0.3, -0.25) is 0 Å². The molecule has 3 fully saturated rings. The minimum absolute atomic E-state index is 0.378. The van der Waals surface area contributed by atoms with E-state index in [1.54, 1.807) is 0 Å². The third kappa shape index (κ3) is 2.65. The average molecular weight is 281 g/mol. The highest BCUT2D eigenvalue weighted by Gasteiger charge is 2.55. The fourth-order valence-corrected chi connectivity index (χ4v) is 4.87. The monoisotopic (exact) mass is 281 g/mol. The normalized spacial score (nSPS) is 35.1. The Morgan fingerprint density at radius 2 is 1.70 bits per heavy atom. The van der Waals surface area contributed by atoms with Crippen molar-refractivity contribution in [1.82, 2.24) is 5.32 Å². The first-order chi connectivity index (χ1) is 9.69. The summed E-state index contributed by atoms with van der Waals surface area (Å²) in [5.74, 6) is 0. The molecule has 0 aromatic heterocycles. The Hall–Kier alpha value is -0.120. The van der Waals surface area contributed by atoms with Gasteiger partial charge in [0.2, 0.25) is 0 Å². The van der Waals surface area contributed by atoms with Crippen LogP contribution in [0, 0.1) is 5.41 Å². The van der Waals surface area contributed by atoms with Crippen molar-refractivity contribution in [2.45, 2.75) is 88.9 Å². The molecule has 3 aliphatic rings. The van der Waals surface area contributed by atoms with Crippen molar-refractivity contribution < 1.29 is 9.84 Å². The number of hydrogen-bond donors (Lipinski definition) is 2. The lowest BCUT2D eigenvalue weighted by molar-refractivity contribution is -0.152. The molecule has 1 spiro atoms. The second kappa shape index (κ2) is 5.94. The maximum atomic E-state index is 10.5. The van der Waals surface area contributed by atoms with Crippen LogP contribution in [-0.4, -0.2) is 36.0 Å². The second-order valence-corrected chi connectivity index (χ2v) is 7.34. The third-order valence-corrected chi connectivity index (χ3v) is 6.15. The summed E-state index contributed by atoms with van der Waals surface area (Å²) in [4.78, 5) is 0. The topological polar surface area (TPSA) is 41.5 Å². The van der Waals surface area contributed by atoms with Gasteiger partial charge in [0, 0.05) is 24.6 Å². The van der Waals surface area contributed by atoms with Gasteiger partial charge in [0.15, 0.2) is 0 Å². The summed E-state index contributed by atoms with van der Waals surface area (Å²) >= 11 is 0. The molecule has 0 aliphatic heterocycles. The molecule has 116 valence electrons. The number of nitrogens with one attached hydrogen (secondary N) is 1. The quantitative estimate of drug-likeness (QED) is 0.814. The van der Waals surface area contributed by atoms with E-state index in [1.807, 2.05) is 0 Å². The van der Waals surface area contributed by atoms with Gasteiger partial charge in [-0.15, -0.1) is 0 Å². The highest BCUT2D eigenvalue weighted by Crippen LogP contribution is 2.53. The molecule has 0 bridgehead atoms. The molecule has 2 atom stereocenters. The number of hydrogen-bond acceptors (Lipinski definition) is 3. The molecule has 3 heteroatoms. The Bertz CT molecular complexity index is 319. The standard InChI is InChI=1S/C17H31NO2/c1-2-20-15-12-14(17(15)10-4-3-5-11-17)18-13-16(19)8-6-7-9-16/h14-15,18-19H,2-13H2,1H3. The third-order valence-electron chi connectivity index (χ3n) is 6.15.